The van der Waals surface area contributed by atoms with Gasteiger partial charge in [-0.25, -0.2) is 4.98 Å². The molecular formula is C16H30IN5OS. The molecule has 0 aliphatic carbocycles. The molecule has 1 rings (SSSR count). The summed E-state index contributed by atoms with van der Waals surface area (Å²) in [5.74, 6) is 0.824. The first-order chi connectivity index (χ1) is 10.8. The number of nitrogens with zero attached hydrogens (tertiary/aromatic N) is 2. The SMILES string of the molecule is CCNC(=NCCc1csc(C)n1)NCCNC(=O)C(C)(C)C.I. The van der Waals surface area contributed by atoms with Gasteiger partial charge in [-0.15, -0.1) is 35.3 Å². The zero-order chi connectivity index (χ0) is 17.3. The molecule has 0 aromatic carbocycles. The summed E-state index contributed by atoms with van der Waals surface area (Å²) in [6.45, 7) is 12.5. The number of carbonyl (C=O) groups excluding carboxylic acids is 1. The predicted octanol–water partition coefficient (Wildman–Crippen LogP) is 2.33. The molecule has 24 heavy (non-hydrogen) atoms. The summed E-state index contributed by atoms with van der Waals surface area (Å²) in [7, 11) is 0. The van der Waals surface area contributed by atoms with Crippen LogP contribution in [0.5, 0.6) is 0 Å². The minimum atomic E-state index is -0.357. The van der Waals surface area contributed by atoms with Gasteiger partial charge in [0, 0.05) is 43.4 Å². The molecule has 0 saturated carbocycles. The second-order valence-electron chi connectivity index (χ2n) is 6.30. The molecule has 0 saturated heterocycles. The summed E-state index contributed by atoms with van der Waals surface area (Å²) >= 11 is 1.66. The van der Waals surface area contributed by atoms with Crippen molar-refractivity contribution < 1.29 is 4.79 Å². The summed E-state index contributed by atoms with van der Waals surface area (Å²) in [5, 5.41) is 12.5. The number of nitrogens with one attached hydrogen (secondary N) is 3. The number of rotatable bonds is 7. The number of aromatic nitrogens is 1. The van der Waals surface area contributed by atoms with Crippen molar-refractivity contribution in [1.29, 1.82) is 0 Å². The van der Waals surface area contributed by atoms with E-state index in [2.05, 4.69) is 31.3 Å². The van der Waals surface area contributed by atoms with Crippen LogP contribution < -0.4 is 16.0 Å². The highest BCUT2D eigenvalue weighted by Gasteiger charge is 2.20. The van der Waals surface area contributed by atoms with Gasteiger partial charge in [0.15, 0.2) is 5.96 Å². The van der Waals surface area contributed by atoms with E-state index in [9.17, 15) is 4.79 Å². The zero-order valence-corrected chi connectivity index (χ0v) is 18.4. The predicted molar refractivity (Wildman–Crippen MR) is 112 cm³/mol. The highest BCUT2D eigenvalue weighted by Crippen LogP contribution is 2.11. The first kappa shape index (κ1) is 23.1. The van der Waals surface area contributed by atoms with Crippen molar-refractivity contribution in [2.45, 2.75) is 41.0 Å². The van der Waals surface area contributed by atoms with E-state index in [1.807, 2.05) is 34.6 Å². The molecule has 0 aliphatic heterocycles. The van der Waals surface area contributed by atoms with Gasteiger partial charge in [-0.2, -0.15) is 0 Å². The molecule has 0 atom stereocenters. The summed E-state index contributed by atoms with van der Waals surface area (Å²) < 4.78 is 0. The highest BCUT2D eigenvalue weighted by molar-refractivity contribution is 14.0. The second-order valence-corrected chi connectivity index (χ2v) is 7.36. The van der Waals surface area contributed by atoms with Crippen molar-refractivity contribution in [2.24, 2.45) is 10.4 Å². The van der Waals surface area contributed by atoms with E-state index in [1.165, 1.54) is 0 Å². The van der Waals surface area contributed by atoms with Crippen LogP contribution in [0.2, 0.25) is 0 Å². The minimum Gasteiger partial charge on any atom is -0.357 e. The fraction of sp³-hybridized carbons (Fsp3) is 0.688. The molecule has 0 aliphatic rings. The van der Waals surface area contributed by atoms with E-state index in [4.69, 9.17) is 0 Å². The van der Waals surface area contributed by atoms with Crippen LogP contribution in [0, 0.1) is 12.3 Å². The van der Waals surface area contributed by atoms with E-state index in [0.29, 0.717) is 19.6 Å². The van der Waals surface area contributed by atoms with E-state index in [1.54, 1.807) is 11.3 Å². The van der Waals surface area contributed by atoms with Gasteiger partial charge in [-0.05, 0) is 13.8 Å². The van der Waals surface area contributed by atoms with E-state index in [0.717, 1.165) is 29.6 Å². The molecule has 0 spiro atoms. The van der Waals surface area contributed by atoms with Gasteiger partial charge in [0.2, 0.25) is 5.91 Å². The van der Waals surface area contributed by atoms with Crippen LogP contribution >= 0.6 is 35.3 Å². The fourth-order valence-electron chi connectivity index (χ4n) is 1.77. The average molecular weight is 467 g/mol. The number of hydrogen-bond acceptors (Lipinski definition) is 4. The lowest BCUT2D eigenvalue weighted by molar-refractivity contribution is -0.128. The normalized spacial score (nSPS) is 11.6. The molecule has 1 heterocycles. The number of guanidine groups is 1. The van der Waals surface area contributed by atoms with Crippen molar-refractivity contribution in [3.8, 4) is 0 Å². The summed E-state index contributed by atoms with van der Waals surface area (Å²) in [5.41, 5.74) is 0.731. The molecule has 6 nitrogen and oxygen atoms in total. The Labute approximate surface area is 166 Å². The van der Waals surface area contributed by atoms with Crippen LogP contribution in [-0.4, -0.2) is 43.0 Å². The van der Waals surface area contributed by atoms with E-state index < -0.39 is 0 Å². The number of amides is 1. The zero-order valence-electron chi connectivity index (χ0n) is 15.2. The largest absolute Gasteiger partial charge is 0.357 e. The summed E-state index contributed by atoms with van der Waals surface area (Å²) in [4.78, 5) is 20.7. The Bertz CT molecular complexity index is 525. The Morgan fingerprint density at radius 2 is 1.92 bits per heavy atom. The minimum absolute atomic E-state index is 0. The molecule has 1 aromatic heterocycles. The third-order valence-electron chi connectivity index (χ3n) is 3.03. The monoisotopic (exact) mass is 467 g/mol. The Hall–Kier alpha value is -0.900. The van der Waals surface area contributed by atoms with Crippen molar-refractivity contribution in [3.63, 3.8) is 0 Å². The summed E-state index contributed by atoms with van der Waals surface area (Å²) in [6.07, 6.45) is 0.835. The molecule has 1 amide bonds. The van der Waals surface area contributed by atoms with Crippen LogP contribution in [0.4, 0.5) is 0 Å². The number of thiazole rings is 1. The third kappa shape index (κ3) is 9.41. The number of halogens is 1. The number of hydrogen-bond donors (Lipinski definition) is 3. The van der Waals surface area contributed by atoms with Gasteiger partial charge >= 0.3 is 0 Å². The molecule has 8 heteroatoms. The van der Waals surface area contributed by atoms with Crippen molar-refractivity contribution >= 4 is 47.2 Å². The molecule has 1 aromatic rings. The molecule has 3 N–H and O–H groups in total. The van der Waals surface area contributed by atoms with Crippen LogP contribution in [0.3, 0.4) is 0 Å². The molecule has 0 bridgehead atoms. The van der Waals surface area contributed by atoms with Gasteiger partial charge < -0.3 is 16.0 Å². The standard InChI is InChI=1S/C16H29N5OS.HI/c1-6-17-15(19-8-7-13-11-23-12(2)21-13)20-10-9-18-14(22)16(3,4)5;/h11H,6-10H2,1-5H3,(H,18,22)(H2,17,19,20);1H. The number of carbonyl (C=O) groups is 1. The smallest absolute Gasteiger partial charge is 0.225 e. The Balaban J connectivity index is 0.00000529. The van der Waals surface area contributed by atoms with E-state index in [-0.39, 0.29) is 35.3 Å². The molecule has 0 radical (unpaired) electrons. The summed E-state index contributed by atoms with van der Waals surface area (Å²) in [6, 6.07) is 0. The lowest BCUT2D eigenvalue weighted by Gasteiger charge is -2.18. The van der Waals surface area contributed by atoms with E-state index >= 15 is 0 Å². The second kappa shape index (κ2) is 11.6. The topological polar surface area (TPSA) is 78.4 Å². The molecule has 0 unspecified atom stereocenters. The number of aliphatic imine (C=N–C) groups is 1. The Morgan fingerprint density at radius 1 is 1.25 bits per heavy atom. The third-order valence-corrected chi connectivity index (χ3v) is 3.86. The first-order valence-electron chi connectivity index (χ1n) is 8.04. The van der Waals surface area contributed by atoms with Crippen LogP contribution in [0.1, 0.15) is 38.4 Å². The fourth-order valence-corrected chi connectivity index (χ4v) is 2.42. The highest BCUT2D eigenvalue weighted by atomic mass is 127. The Kier molecular flexibility index (Phi) is 11.2. The van der Waals surface area contributed by atoms with Gasteiger partial charge in [0.1, 0.15) is 0 Å². The number of aryl methyl sites for hydroxylation is 1. The molecule has 138 valence electrons. The maximum absolute atomic E-state index is 11.8. The maximum Gasteiger partial charge on any atom is 0.225 e. The van der Waals surface area contributed by atoms with Crippen LogP contribution in [0.25, 0.3) is 0 Å². The van der Waals surface area contributed by atoms with Gasteiger partial charge in [0.05, 0.1) is 10.7 Å². The quantitative estimate of drug-likeness (QED) is 0.249. The average Bonchev–Trinajstić information content (AvgIpc) is 2.87. The first-order valence-corrected chi connectivity index (χ1v) is 8.92. The maximum atomic E-state index is 11.8. The molecule has 0 fully saturated rings. The van der Waals surface area contributed by atoms with Gasteiger partial charge in [0.25, 0.3) is 0 Å². The van der Waals surface area contributed by atoms with Crippen molar-refractivity contribution in [3.05, 3.63) is 16.1 Å². The molecular weight excluding hydrogens is 437 g/mol. The van der Waals surface area contributed by atoms with Crippen LogP contribution in [0.15, 0.2) is 10.4 Å². The van der Waals surface area contributed by atoms with Crippen molar-refractivity contribution in [2.75, 3.05) is 26.2 Å². The van der Waals surface area contributed by atoms with Crippen molar-refractivity contribution in [1.82, 2.24) is 20.9 Å². The lowest BCUT2D eigenvalue weighted by Crippen LogP contribution is -2.43. The van der Waals surface area contributed by atoms with Gasteiger partial charge in [-0.1, -0.05) is 20.8 Å². The lowest BCUT2D eigenvalue weighted by atomic mass is 9.96. The van der Waals surface area contributed by atoms with Gasteiger partial charge in [-0.3, -0.25) is 9.79 Å². The van der Waals surface area contributed by atoms with Crippen LogP contribution in [-0.2, 0) is 11.2 Å². The Morgan fingerprint density at radius 3 is 2.46 bits per heavy atom.